The summed E-state index contributed by atoms with van der Waals surface area (Å²) in [6.07, 6.45) is 4.03. The van der Waals surface area contributed by atoms with E-state index in [2.05, 4.69) is 31.2 Å². The Labute approximate surface area is 152 Å². The van der Waals surface area contributed by atoms with Gasteiger partial charge in [0.1, 0.15) is 5.75 Å². The molecule has 0 N–H and O–H groups in total. The molecule has 26 heavy (non-hydrogen) atoms. The Bertz CT molecular complexity index is 961. The molecule has 0 atom stereocenters. The zero-order valence-electron chi connectivity index (χ0n) is 14.3. The van der Waals surface area contributed by atoms with E-state index in [0.29, 0.717) is 16.9 Å². The Balaban J connectivity index is 1.65. The van der Waals surface area contributed by atoms with E-state index in [1.54, 1.807) is 36.4 Å². The van der Waals surface area contributed by atoms with Crippen LogP contribution in [0, 0.1) is 18.3 Å². The van der Waals surface area contributed by atoms with Crippen LogP contribution >= 0.6 is 0 Å². The zero-order valence-corrected chi connectivity index (χ0v) is 14.3. The number of carbonyl (C=O) groups is 1. The third kappa shape index (κ3) is 4.46. The maximum Gasteiger partial charge on any atom is 0.343 e. The number of aryl methyl sites for hydroxylation is 1. The number of rotatable bonds is 4. The summed E-state index contributed by atoms with van der Waals surface area (Å²) < 4.78 is 5.31. The highest BCUT2D eigenvalue weighted by Gasteiger charge is 2.08. The average Bonchev–Trinajstić information content (AvgIpc) is 2.68. The summed E-state index contributed by atoms with van der Waals surface area (Å²) in [5, 5.41) is 8.78. The van der Waals surface area contributed by atoms with Crippen molar-refractivity contribution in [2.45, 2.75) is 6.92 Å². The van der Waals surface area contributed by atoms with E-state index in [1.807, 2.05) is 30.4 Å². The second-order valence-electron chi connectivity index (χ2n) is 5.89. The van der Waals surface area contributed by atoms with Gasteiger partial charge in [-0.1, -0.05) is 54.1 Å². The van der Waals surface area contributed by atoms with Crippen LogP contribution < -0.4 is 4.74 Å². The van der Waals surface area contributed by atoms with E-state index in [1.165, 1.54) is 5.56 Å². The molecule has 0 bridgehead atoms. The summed E-state index contributed by atoms with van der Waals surface area (Å²) in [7, 11) is 0. The Kier molecular flexibility index (Phi) is 5.26. The van der Waals surface area contributed by atoms with Crippen LogP contribution in [-0.4, -0.2) is 5.97 Å². The van der Waals surface area contributed by atoms with Gasteiger partial charge in [-0.15, -0.1) is 0 Å². The summed E-state index contributed by atoms with van der Waals surface area (Å²) >= 11 is 0. The standard InChI is InChI=1S/C23H17NO2/c1-17-2-4-18(5-3-17)6-7-19-8-12-21(13-9-19)23(25)26-22-14-10-20(16-24)11-15-22/h2-15H,1H3. The second kappa shape index (κ2) is 7.96. The first-order valence-corrected chi connectivity index (χ1v) is 8.21. The molecule has 3 heteroatoms. The van der Waals surface area contributed by atoms with Crippen molar-refractivity contribution in [2.75, 3.05) is 0 Å². The van der Waals surface area contributed by atoms with Crippen LogP contribution in [0.25, 0.3) is 12.2 Å². The SMILES string of the molecule is Cc1ccc(C=Cc2ccc(C(=O)Oc3ccc(C#N)cc3)cc2)cc1. The summed E-state index contributed by atoms with van der Waals surface area (Å²) in [6.45, 7) is 2.06. The highest BCUT2D eigenvalue weighted by Crippen LogP contribution is 2.15. The Morgan fingerprint density at radius 1 is 0.846 bits per heavy atom. The van der Waals surface area contributed by atoms with Crippen LogP contribution in [-0.2, 0) is 0 Å². The first kappa shape index (κ1) is 17.2. The van der Waals surface area contributed by atoms with Gasteiger partial charge in [0.05, 0.1) is 17.2 Å². The van der Waals surface area contributed by atoms with Crippen molar-refractivity contribution >= 4 is 18.1 Å². The Morgan fingerprint density at radius 2 is 1.38 bits per heavy atom. The number of ether oxygens (including phenoxy) is 1. The third-order valence-corrected chi connectivity index (χ3v) is 3.89. The molecule has 0 fully saturated rings. The summed E-state index contributed by atoms with van der Waals surface area (Å²) in [5.74, 6) is -0.0129. The number of hydrogen-bond acceptors (Lipinski definition) is 3. The van der Waals surface area contributed by atoms with E-state index in [4.69, 9.17) is 10.00 Å². The van der Waals surface area contributed by atoms with Gasteiger partial charge in [0.15, 0.2) is 0 Å². The number of nitrogens with zero attached hydrogens (tertiary/aromatic N) is 1. The molecule has 0 saturated heterocycles. The number of carbonyl (C=O) groups excluding carboxylic acids is 1. The molecule has 0 aliphatic rings. The lowest BCUT2D eigenvalue weighted by molar-refractivity contribution is 0.0735. The van der Waals surface area contributed by atoms with E-state index in [0.717, 1.165) is 11.1 Å². The molecule has 0 heterocycles. The molecular formula is C23H17NO2. The molecule has 0 aliphatic carbocycles. The minimum Gasteiger partial charge on any atom is -0.423 e. The summed E-state index contributed by atoms with van der Waals surface area (Å²) in [4.78, 5) is 12.2. The van der Waals surface area contributed by atoms with Gasteiger partial charge in [-0.3, -0.25) is 0 Å². The minimum absolute atomic E-state index is 0.414. The number of esters is 1. The smallest absolute Gasteiger partial charge is 0.343 e. The van der Waals surface area contributed by atoms with Gasteiger partial charge in [0.2, 0.25) is 0 Å². The van der Waals surface area contributed by atoms with Crippen LogP contribution in [0.1, 0.15) is 32.6 Å². The van der Waals surface area contributed by atoms with Gasteiger partial charge in [0.25, 0.3) is 0 Å². The fraction of sp³-hybridized carbons (Fsp3) is 0.0435. The van der Waals surface area contributed by atoms with Gasteiger partial charge in [-0.25, -0.2) is 4.79 Å². The molecule has 0 radical (unpaired) electrons. The van der Waals surface area contributed by atoms with Gasteiger partial charge in [-0.2, -0.15) is 5.26 Å². The van der Waals surface area contributed by atoms with Gasteiger partial charge in [-0.05, 0) is 54.4 Å². The fourth-order valence-corrected chi connectivity index (χ4v) is 2.36. The first-order chi connectivity index (χ1) is 12.6. The molecule has 126 valence electrons. The van der Waals surface area contributed by atoms with Crippen LogP contribution in [0.4, 0.5) is 0 Å². The van der Waals surface area contributed by atoms with Crippen LogP contribution in [0.3, 0.4) is 0 Å². The van der Waals surface area contributed by atoms with Crippen molar-refractivity contribution < 1.29 is 9.53 Å². The monoisotopic (exact) mass is 339 g/mol. The Hall–Kier alpha value is -3.64. The van der Waals surface area contributed by atoms with Gasteiger partial charge >= 0.3 is 5.97 Å². The van der Waals surface area contributed by atoms with Gasteiger partial charge in [0, 0.05) is 0 Å². The van der Waals surface area contributed by atoms with E-state index in [9.17, 15) is 4.79 Å². The van der Waals surface area contributed by atoms with Crippen molar-refractivity contribution in [3.63, 3.8) is 0 Å². The predicted octanol–water partition coefficient (Wildman–Crippen LogP) is 5.26. The first-order valence-electron chi connectivity index (χ1n) is 8.21. The quantitative estimate of drug-likeness (QED) is 0.370. The topological polar surface area (TPSA) is 50.1 Å². The molecule has 3 aromatic carbocycles. The molecule has 3 aromatic rings. The molecule has 0 saturated carbocycles. The highest BCUT2D eigenvalue weighted by molar-refractivity contribution is 5.91. The lowest BCUT2D eigenvalue weighted by Gasteiger charge is -2.04. The normalized spacial score (nSPS) is 10.5. The molecular weight excluding hydrogens is 322 g/mol. The molecule has 3 nitrogen and oxygen atoms in total. The maximum absolute atomic E-state index is 12.2. The van der Waals surface area contributed by atoms with E-state index >= 15 is 0 Å². The number of hydrogen-bond donors (Lipinski definition) is 0. The van der Waals surface area contributed by atoms with Crippen molar-refractivity contribution in [2.24, 2.45) is 0 Å². The van der Waals surface area contributed by atoms with Gasteiger partial charge < -0.3 is 4.74 Å². The van der Waals surface area contributed by atoms with Crippen molar-refractivity contribution in [3.05, 3.63) is 101 Å². The van der Waals surface area contributed by atoms with E-state index < -0.39 is 5.97 Å². The van der Waals surface area contributed by atoms with Crippen molar-refractivity contribution in [1.29, 1.82) is 5.26 Å². The van der Waals surface area contributed by atoms with E-state index in [-0.39, 0.29) is 0 Å². The lowest BCUT2D eigenvalue weighted by Crippen LogP contribution is -2.08. The predicted molar refractivity (Wildman–Crippen MR) is 103 cm³/mol. The molecule has 0 amide bonds. The van der Waals surface area contributed by atoms with Crippen molar-refractivity contribution in [3.8, 4) is 11.8 Å². The van der Waals surface area contributed by atoms with Crippen LogP contribution in [0.15, 0.2) is 72.8 Å². The molecule has 0 aliphatic heterocycles. The lowest BCUT2D eigenvalue weighted by atomic mass is 10.1. The highest BCUT2D eigenvalue weighted by atomic mass is 16.5. The molecule has 0 aromatic heterocycles. The van der Waals surface area contributed by atoms with Crippen LogP contribution in [0.2, 0.25) is 0 Å². The fourth-order valence-electron chi connectivity index (χ4n) is 2.36. The minimum atomic E-state index is -0.427. The Morgan fingerprint density at radius 3 is 1.92 bits per heavy atom. The number of nitriles is 1. The summed E-state index contributed by atoms with van der Waals surface area (Å²) in [5.41, 5.74) is 4.35. The molecule has 3 rings (SSSR count). The zero-order chi connectivity index (χ0) is 18.4. The molecule has 0 spiro atoms. The number of benzene rings is 3. The average molecular weight is 339 g/mol. The van der Waals surface area contributed by atoms with Crippen molar-refractivity contribution in [1.82, 2.24) is 0 Å². The largest absolute Gasteiger partial charge is 0.423 e. The second-order valence-corrected chi connectivity index (χ2v) is 5.89. The maximum atomic E-state index is 12.2. The molecule has 0 unspecified atom stereocenters. The van der Waals surface area contributed by atoms with Crippen LogP contribution in [0.5, 0.6) is 5.75 Å². The summed E-state index contributed by atoms with van der Waals surface area (Å²) in [6, 6.07) is 24.0. The third-order valence-electron chi connectivity index (χ3n) is 3.89.